The first-order valence-corrected chi connectivity index (χ1v) is 1.51. The molecule has 0 aliphatic rings. The van der Waals surface area contributed by atoms with Gasteiger partial charge in [0.15, 0.2) is 0 Å². The third-order valence-electron chi connectivity index (χ3n) is 0. The topological polar surface area (TPSA) is 20.2 Å². The van der Waals surface area contributed by atoms with E-state index in [1.54, 1.807) is 0 Å². The van der Waals surface area contributed by atoms with E-state index >= 15 is 0 Å². The second kappa shape index (κ2) is 4.84. The fraction of sp³-hybridized carbons (Fsp3) is 0. The zero-order valence-electron chi connectivity index (χ0n) is 1.80. The van der Waals surface area contributed by atoms with E-state index in [-0.39, 0.29) is 23.2 Å². The molecule has 0 aromatic heterocycles. The van der Waals surface area contributed by atoms with E-state index in [2.05, 4.69) is 24.8 Å². The predicted octanol–water partition coefficient (Wildman–Crippen LogP) is 0.111. The first kappa shape index (κ1) is 9.28. The van der Waals surface area contributed by atoms with Gasteiger partial charge in [0.25, 0.3) is 0 Å². The minimum atomic E-state index is -0.306. The molecule has 0 saturated heterocycles. The summed E-state index contributed by atoms with van der Waals surface area (Å²) in [6, 6.07) is 0. The molecule has 0 bridgehead atoms. The Morgan fingerprint density at radius 1 is 1.80 bits per heavy atom. The molecule has 0 fully saturated rings. The average Bonchev–Trinajstić information content (AvgIpc) is 0.811. The molecule has 1 nitrogen and oxygen atoms in total. The Kier molecular flexibility index (Phi) is 8.97. The molecule has 0 aliphatic carbocycles. The molecule has 0 amide bonds. The summed E-state index contributed by atoms with van der Waals surface area (Å²) in [6.07, 6.45) is 0. The summed E-state index contributed by atoms with van der Waals surface area (Å²) in [6.45, 7) is 0. The SMILES string of the molecule is OC(=S)S.[LiH]. The molecule has 0 unspecified atom stereocenters. The van der Waals surface area contributed by atoms with Crippen molar-refractivity contribution in [3.8, 4) is 0 Å². The van der Waals surface area contributed by atoms with Crippen LogP contribution < -0.4 is 0 Å². The standard InChI is InChI=1S/CH2OS2.Li.H/c2-1(3)4;;/h(H2,2,3,4);;. The molecule has 0 aromatic rings. The molecule has 0 aliphatic heterocycles. The van der Waals surface area contributed by atoms with Crippen LogP contribution in [0.1, 0.15) is 0 Å². The molecular weight excluding hydrogens is 99.1 g/mol. The maximum atomic E-state index is 7.65. The summed E-state index contributed by atoms with van der Waals surface area (Å²) in [5, 5.41) is 7.65. The summed E-state index contributed by atoms with van der Waals surface area (Å²) in [4.78, 5) is 0. The van der Waals surface area contributed by atoms with E-state index in [0.717, 1.165) is 0 Å². The molecule has 0 spiro atoms. The van der Waals surface area contributed by atoms with Crippen LogP contribution in [-0.4, -0.2) is 28.3 Å². The van der Waals surface area contributed by atoms with Gasteiger partial charge in [-0.3, -0.25) is 0 Å². The number of thiol groups is 1. The van der Waals surface area contributed by atoms with E-state index in [0.29, 0.717) is 0 Å². The Balaban J connectivity index is 0. The van der Waals surface area contributed by atoms with Crippen molar-refractivity contribution in [3.05, 3.63) is 0 Å². The van der Waals surface area contributed by atoms with Crippen LogP contribution >= 0.6 is 24.8 Å². The van der Waals surface area contributed by atoms with Gasteiger partial charge in [-0.05, 0) is 12.2 Å². The van der Waals surface area contributed by atoms with Crippen molar-refractivity contribution in [3.63, 3.8) is 0 Å². The molecule has 0 saturated carbocycles. The third kappa shape index (κ3) is 55.5. The molecule has 0 radical (unpaired) electrons. The van der Waals surface area contributed by atoms with Crippen LogP contribution in [0.25, 0.3) is 0 Å². The molecule has 5 heavy (non-hydrogen) atoms. The second-order valence-electron chi connectivity index (χ2n) is 0.283. The number of rotatable bonds is 0. The summed E-state index contributed by atoms with van der Waals surface area (Å²) in [7, 11) is 0. The van der Waals surface area contributed by atoms with Crippen molar-refractivity contribution >= 4 is 48.1 Å². The Bertz CT molecular complexity index is 32.6. The van der Waals surface area contributed by atoms with Crippen molar-refractivity contribution < 1.29 is 5.11 Å². The monoisotopic (exact) mass is 102 g/mol. The number of aliphatic hydroxyl groups excluding tert-OH is 1. The van der Waals surface area contributed by atoms with Gasteiger partial charge < -0.3 is 5.11 Å². The van der Waals surface area contributed by atoms with Crippen LogP contribution in [-0.2, 0) is 0 Å². The molecular formula is CH3LiOS2. The van der Waals surface area contributed by atoms with Crippen LogP contribution in [0, 0.1) is 0 Å². The van der Waals surface area contributed by atoms with E-state index in [4.69, 9.17) is 5.11 Å². The average molecular weight is 102 g/mol. The van der Waals surface area contributed by atoms with Gasteiger partial charge in [0.05, 0.1) is 0 Å². The zero-order valence-corrected chi connectivity index (χ0v) is 3.51. The van der Waals surface area contributed by atoms with E-state index in [9.17, 15) is 0 Å². The van der Waals surface area contributed by atoms with Gasteiger partial charge >= 0.3 is 18.9 Å². The predicted molar refractivity (Wildman–Crippen MR) is 31.4 cm³/mol. The van der Waals surface area contributed by atoms with Gasteiger partial charge in [-0.15, -0.1) is 0 Å². The fourth-order valence-electron chi connectivity index (χ4n) is 0. The van der Waals surface area contributed by atoms with Gasteiger partial charge in [-0.1, -0.05) is 12.6 Å². The molecule has 0 aromatic carbocycles. The van der Waals surface area contributed by atoms with E-state index in [1.807, 2.05) is 0 Å². The van der Waals surface area contributed by atoms with Gasteiger partial charge in [-0.2, -0.15) is 0 Å². The minimum absolute atomic E-state index is 0. The molecule has 4 heteroatoms. The Hall–Kier alpha value is 0.837. The number of aliphatic hydroxyl groups is 1. The van der Waals surface area contributed by atoms with Crippen molar-refractivity contribution in [1.82, 2.24) is 0 Å². The maximum absolute atomic E-state index is 7.65. The van der Waals surface area contributed by atoms with Gasteiger partial charge in [0.2, 0.25) is 4.38 Å². The summed E-state index contributed by atoms with van der Waals surface area (Å²) in [5.74, 6) is 0. The first-order valence-electron chi connectivity index (χ1n) is 0.651. The van der Waals surface area contributed by atoms with E-state index in [1.165, 1.54) is 0 Å². The van der Waals surface area contributed by atoms with Gasteiger partial charge in [0, 0.05) is 0 Å². The van der Waals surface area contributed by atoms with Crippen LogP contribution in [0.15, 0.2) is 0 Å². The Morgan fingerprint density at radius 3 is 1.80 bits per heavy atom. The summed E-state index contributed by atoms with van der Waals surface area (Å²) in [5.41, 5.74) is 0. The van der Waals surface area contributed by atoms with Crippen LogP contribution in [0.3, 0.4) is 0 Å². The fourth-order valence-corrected chi connectivity index (χ4v) is 0. The Labute approximate surface area is 53.3 Å². The van der Waals surface area contributed by atoms with Crippen LogP contribution in [0.4, 0.5) is 0 Å². The number of hydrogen-bond donors (Lipinski definition) is 2. The molecule has 0 atom stereocenters. The number of hydrogen-bond acceptors (Lipinski definition) is 1. The van der Waals surface area contributed by atoms with Crippen molar-refractivity contribution in [1.29, 1.82) is 0 Å². The van der Waals surface area contributed by atoms with Gasteiger partial charge in [-0.25, -0.2) is 0 Å². The zero-order chi connectivity index (χ0) is 3.58. The van der Waals surface area contributed by atoms with Crippen LogP contribution in [0.5, 0.6) is 0 Å². The molecule has 1 N–H and O–H groups in total. The normalized spacial score (nSPS) is 5.00. The molecule has 0 heterocycles. The molecule has 26 valence electrons. The summed E-state index contributed by atoms with van der Waals surface area (Å²) >= 11 is 7.21. The van der Waals surface area contributed by atoms with Crippen LogP contribution in [0.2, 0.25) is 0 Å². The quantitative estimate of drug-likeness (QED) is 0.257. The van der Waals surface area contributed by atoms with Gasteiger partial charge in [0.1, 0.15) is 0 Å². The first-order chi connectivity index (χ1) is 1.73. The van der Waals surface area contributed by atoms with Crippen molar-refractivity contribution in [2.24, 2.45) is 0 Å². The Morgan fingerprint density at radius 2 is 1.80 bits per heavy atom. The third-order valence-corrected chi connectivity index (χ3v) is 0. The second-order valence-corrected chi connectivity index (χ2v) is 1.40. The van der Waals surface area contributed by atoms with Crippen molar-refractivity contribution in [2.45, 2.75) is 0 Å². The van der Waals surface area contributed by atoms with E-state index < -0.39 is 0 Å². The molecule has 0 rings (SSSR count). The summed E-state index contributed by atoms with van der Waals surface area (Å²) < 4.78 is -0.306. The van der Waals surface area contributed by atoms with Crippen molar-refractivity contribution in [2.75, 3.05) is 0 Å². The number of thiocarbonyl (C=S) groups is 1.